The number of benzene rings is 1. The molecule has 1 aromatic rings. The smallest absolute Gasteiger partial charge is 0.122 e. The third-order valence-corrected chi connectivity index (χ3v) is 3.60. The van der Waals surface area contributed by atoms with E-state index >= 15 is 0 Å². The summed E-state index contributed by atoms with van der Waals surface area (Å²) in [6, 6.07) is 6.51. The Morgan fingerprint density at radius 3 is 2.89 bits per heavy atom. The molecule has 0 bridgehead atoms. The predicted molar refractivity (Wildman–Crippen MR) is 74.4 cm³/mol. The van der Waals surface area contributed by atoms with Crippen molar-refractivity contribution in [3.05, 3.63) is 29.3 Å². The molecule has 0 N–H and O–H groups in total. The monoisotopic (exact) mass is 248 g/mol. The number of rotatable bonds is 5. The molecule has 0 saturated carbocycles. The van der Waals surface area contributed by atoms with E-state index in [9.17, 15) is 0 Å². The highest BCUT2D eigenvalue weighted by Gasteiger charge is 2.15. The standard InChI is InChI=1S/C16H24O2/c1-12(2)14-7-6-13(3)16(11-14)18-10-8-15-5-4-9-17-15/h6-7,11-12,15H,4-5,8-10H2,1-3H3. The van der Waals surface area contributed by atoms with Gasteiger partial charge >= 0.3 is 0 Å². The van der Waals surface area contributed by atoms with Gasteiger partial charge in [0, 0.05) is 13.0 Å². The van der Waals surface area contributed by atoms with Crippen LogP contribution in [-0.2, 0) is 4.74 Å². The van der Waals surface area contributed by atoms with E-state index in [-0.39, 0.29) is 0 Å². The van der Waals surface area contributed by atoms with E-state index in [1.807, 2.05) is 0 Å². The summed E-state index contributed by atoms with van der Waals surface area (Å²) in [7, 11) is 0. The minimum atomic E-state index is 0.415. The first-order valence-corrected chi connectivity index (χ1v) is 7.02. The first kappa shape index (κ1) is 13.4. The minimum Gasteiger partial charge on any atom is -0.493 e. The molecule has 1 unspecified atom stereocenters. The van der Waals surface area contributed by atoms with Gasteiger partial charge < -0.3 is 9.47 Å². The van der Waals surface area contributed by atoms with Crippen LogP contribution in [-0.4, -0.2) is 19.3 Å². The summed E-state index contributed by atoms with van der Waals surface area (Å²) in [5.74, 6) is 1.57. The van der Waals surface area contributed by atoms with Gasteiger partial charge in [-0.05, 0) is 42.9 Å². The maximum absolute atomic E-state index is 5.91. The zero-order valence-corrected chi connectivity index (χ0v) is 11.7. The van der Waals surface area contributed by atoms with Crippen LogP contribution in [0.2, 0.25) is 0 Å². The van der Waals surface area contributed by atoms with Crippen LogP contribution in [0.25, 0.3) is 0 Å². The molecular formula is C16H24O2. The summed E-state index contributed by atoms with van der Waals surface area (Å²) in [4.78, 5) is 0. The first-order chi connectivity index (χ1) is 8.66. The molecular weight excluding hydrogens is 224 g/mol. The maximum Gasteiger partial charge on any atom is 0.122 e. The van der Waals surface area contributed by atoms with Gasteiger partial charge in [-0.1, -0.05) is 26.0 Å². The molecule has 0 spiro atoms. The Morgan fingerprint density at radius 2 is 2.22 bits per heavy atom. The molecule has 2 rings (SSSR count). The van der Waals surface area contributed by atoms with E-state index < -0.39 is 0 Å². The fourth-order valence-electron chi connectivity index (χ4n) is 2.30. The van der Waals surface area contributed by atoms with Gasteiger partial charge in [0.2, 0.25) is 0 Å². The lowest BCUT2D eigenvalue weighted by Gasteiger charge is -2.14. The topological polar surface area (TPSA) is 18.5 Å². The molecule has 1 heterocycles. The number of hydrogen-bond donors (Lipinski definition) is 0. The van der Waals surface area contributed by atoms with Gasteiger partial charge in [-0.3, -0.25) is 0 Å². The van der Waals surface area contributed by atoms with Crippen molar-refractivity contribution in [1.29, 1.82) is 0 Å². The molecule has 0 radical (unpaired) electrons. The van der Waals surface area contributed by atoms with Gasteiger partial charge in [0.15, 0.2) is 0 Å². The molecule has 1 aliphatic rings. The molecule has 1 aliphatic heterocycles. The van der Waals surface area contributed by atoms with Crippen molar-refractivity contribution in [2.75, 3.05) is 13.2 Å². The van der Waals surface area contributed by atoms with Crippen molar-refractivity contribution in [1.82, 2.24) is 0 Å². The van der Waals surface area contributed by atoms with Crippen molar-refractivity contribution in [2.24, 2.45) is 0 Å². The van der Waals surface area contributed by atoms with E-state index in [1.54, 1.807) is 0 Å². The molecule has 1 fully saturated rings. The summed E-state index contributed by atoms with van der Waals surface area (Å²) >= 11 is 0. The SMILES string of the molecule is Cc1ccc(C(C)C)cc1OCCC1CCCO1. The lowest BCUT2D eigenvalue weighted by atomic mass is 10.0. The Kier molecular flexibility index (Phi) is 4.65. The zero-order valence-electron chi connectivity index (χ0n) is 11.7. The second kappa shape index (κ2) is 6.24. The van der Waals surface area contributed by atoms with Crippen LogP contribution in [0.4, 0.5) is 0 Å². The van der Waals surface area contributed by atoms with E-state index in [4.69, 9.17) is 9.47 Å². The average Bonchev–Trinajstić information content (AvgIpc) is 2.84. The largest absolute Gasteiger partial charge is 0.493 e. The highest BCUT2D eigenvalue weighted by Crippen LogP contribution is 2.25. The molecule has 2 heteroatoms. The summed E-state index contributed by atoms with van der Waals surface area (Å²) in [6.07, 6.45) is 3.81. The maximum atomic E-state index is 5.91. The second-order valence-corrected chi connectivity index (χ2v) is 5.45. The molecule has 0 amide bonds. The lowest BCUT2D eigenvalue weighted by molar-refractivity contribution is 0.0902. The van der Waals surface area contributed by atoms with Gasteiger partial charge in [-0.2, -0.15) is 0 Å². The van der Waals surface area contributed by atoms with Crippen LogP contribution < -0.4 is 4.74 Å². The Bertz CT molecular complexity index is 379. The van der Waals surface area contributed by atoms with E-state index in [2.05, 4.69) is 39.0 Å². The predicted octanol–water partition coefficient (Wildman–Crippen LogP) is 4.07. The molecule has 0 aliphatic carbocycles. The van der Waals surface area contributed by atoms with Gasteiger partial charge in [-0.15, -0.1) is 0 Å². The summed E-state index contributed by atoms with van der Waals surface area (Å²) in [5, 5.41) is 0. The van der Waals surface area contributed by atoms with Crippen LogP contribution in [0.3, 0.4) is 0 Å². The molecule has 1 atom stereocenters. The number of ether oxygens (including phenoxy) is 2. The van der Waals surface area contributed by atoms with Crippen LogP contribution in [0.1, 0.15) is 50.2 Å². The third kappa shape index (κ3) is 3.49. The third-order valence-electron chi connectivity index (χ3n) is 3.60. The van der Waals surface area contributed by atoms with E-state index in [0.29, 0.717) is 12.0 Å². The second-order valence-electron chi connectivity index (χ2n) is 5.45. The summed E-state index contributed by atoms with van der Waals surface area (Å²) in [5.41, 5.74) is 2.56. The zero-order chi connectivity index (χ0) is 13.0. The Balaban J connectivity index is 1.89. The van der Waals surface area contributed by atoms with E-state index in [1.165, 1.54) is 24.0 Å². The fourth-order valence-corrected chi connectivity index (χ4v) is 2.30. The quantitative estimate of drug-likeness (QED) is 0.782. The molecule has 1 aromatic carbocycles. The van der Waals surface area contributed by atoms with Gasteiger partial charge in [0.05, 0.1) is 12.7 Å². The number of aryl methyl sites for hydroxylation is 1. The lowest BCUT2D eigenvalue weighted by Crippen LogP contribution is -2.11. The van der Waals surface area contributed by atoms with Crippen LogP contribution in [0.5, 0.6) is 5.75 Å². The van der Waals surface area contributed by atoms with E-state index in [0.717, 1.165) is 25.4 Å². The Hall–Kier alpha value is -1.02. The highest BCUT2D eigenvalue weighted by molar-refractivity contribution is 5.37. The van der Waals surface area contributed by atoms with Gasteiger partial charge in [0.25, 0.3) is 0 Å². The minimum absolute atomic E-state index is 0.415. The van der Waals surface area contributed by atoms with Crippen LogP contribution >= 0.6 is 0 Å². The van der Waals surface area contributed by atoms with Crippen molar-refractivity contribution in [3.63, 3.8) is 0 Å². The molecule has 0 aromatic heterocycles. The molecule has 2 nitrogen and oxygen atoms in total. The average molecular weight is 248 g/mol. The highest BCUT2D eigenvalue weighted by atomic mass is 16.5. The summed E-state index contributed by atoms with van der Waals surface area (Å²) in [6.45, 7) is 8.20. The fraction of sp³-hybridized carbons (Fsp3) is 0.625. The van der Waals surface area contributed by atoms with Crippen molar-refractivity contribution < 1.29 is 9.47 Å². The molecule has 1 saturated heterocycles. The molecule has 18 heavy (non-hydrogen) atoms. The van der Waals surface area contributed by atoms with Crippen molar-refractivity contribution >= 4 is 0 Å². The van der Waals surface area contributed by atoms with Crippen molar-refractivity contribution in [2.45, 2.75) is 52.1 Å². The molecule has 100 valence electrons. The van der Waals surface area contributed by atoms with Crippen LogP contribution in [0.15, 0.2) is 18.2 Å². The van der Waals surface area contributed by atoms with Crippen molar-refractivity contribution in [3.8, 4) is 5.75 Å². The normalized spacial score (nSPS) is 19.4. The van der Waals surface area contributed by atoms with Gasteiger partial charge in [-0.25, -0.2) is 0 Å². The first-order valence-electron chi connectivity index (χ1n) is 7.02. The Morgan fingerprint density at radius 1 is 1.39 bits per heavy atom. The Labute approximate surface area is 110 Å². The van der Waals surface area contributed by atoms with Gasteiger partial charge in [0.1, 0.15) is 5.75 Å². The van der Waals surface area contributed by atoms with Crippen LogP contribution in [0, 0.1) is 6.92 Å². The number of hydrogen-bond acceptors (Lipinski definition) is 2. The summed E-state index contributed by atoms with van der Waals surface area (Å²) < 4.78 is 11.5.